The quantitative estimate of drug-likeness (QED) is 0.229. The summed E-state index contributed by atoms with van der Waals surface area (Å²) in [4.78, 5) is 10.4. The lowest BCUT2D eigenvalue weighted by atomic mass is 10.2. The van der Waals surface area contributed by atoms with Crippen LogP contribution in [0.1, 0.15) is 26.7 Å². The van der Waals surface area contributed by atoms with Gasteiger partial charge in [-0.2, -0.15) is 4.58 Å². The molecule has 0 aliphatic carbocycles. The number of hydrogen-bond donors (Lipinski definition) is 0. The third kappa shape index (κ3) is 2.85. The van der Waals surface area contributed by atoms with Crippen molar-refractivity contribution in [1.29, 1.82) is 0 Å². The van der Waals surface area contributed by atoms with Gasteiger partial charge in [-0.3, -0.25) is 4.79 Å². The second kappa shape index (κ2) is 4.06. The number of ketones is 2. The van der Waals surface area contributed by atoms with Crippen LogP contribution in [0, 0.1) is 0 Å². The average molecular weight is 130 g/mol. The number of carbonyl (C=O) groups excluding carboxylic acids is 2. The van der Waals surface area contributed by atoms with Gasteiger partial charge in [-0.05, 0) is 6.42 Å². The Morgan fingerprint density at radius 1 is 1.67 bits per heavy atom. The third-order valence-electron chi connectivity index (χ3n) is 0.970. The van der Waals surface area contributed by atoms with Crippen LogP contribution in [0.5, 0.6) is 0 Å². The monoisotopic (exact) mass is 130 g/mol. The van der Waals surface area contributed by atoms with Crippen molar-refractivity contribution in [2.75, 3.05) is 0 Å². The Kier molecular flexibility index (Phi) is 3.67. The lowest BCUT2D eigenvalue weighted by Crippen LogP contribution is -2.17. The van der Waals surface area contributed by atoms with Crippen LogP contribution in [-0.2, 0) is 9.37 Å². The molecular weight excluding hydrogens is 120 g/mol. The van der Waals surface area contributed by atoms with Crippen molar-refractivity contribution in [3.05, 3.63) is 0 Å². The number of rotatable bonds is 3. The van der Waals surface area contributed by atoms with Gasteiger partial charge in [0.2, 0.25) is 0 Å². The Morgan fingerprint density at radius 2 is 2.22 bits per heavy atom. The van der Waals surface area contributed by atoms with Crippen LogP contribution in [0.4, 0.5) is 0 Å². The Hall–Kier alpha value is -0.860. The predicted octanol–water partition coefficient (Wildman–Crippen LogP) is -0.244. The van der Waals surface area contributed by atoms with E-state index in [1.165, 1.54) is 6.92 Å². The molecule has 0 aromatic rings. The van der Waals surface area contributed by atoms with Crippen LogP contribution in [0.15, 0.2) is 0 Å². The highest BCUT2D eigenvalue weighted by atomic mass is 17.1. The Labute approximate surface area is 53.9 Å². The number of Topliss-reactive ketones (excluding diaryl/α,β-unsaturated/α-hetero) is 1. The van der Waals surface area contributed by atoms with Gasteiger partial charge in [0.25, 0.3) is 5.78 Å². The Bertz CT molecular complexity index is 126. The molecule has 0 atom stereocenters. The van der Waals surface area contributed by atoms with Crippen LogP contribution in [0.2, 0.25) is 0 Å². The molecular formula is C6H10O3. The lowest BCUT2D eigenvalue weighted by Gasteiger charge is -1.84. The minimum Gasteiger partial charge on any atom is -0.462 e. The fourth-order valence-electron chi connectivity index (χ4n) is 0.503. The highest BCUT2D eigenvalue weighted by molar-refractivity contribution is 6.36. The summed E-state index contributed by atoms with van der Waals surface area (Å²) in [5, 5.41) is 9.70. The van der Waals surface area contributed by atoms with Crippen LogP contribution >= 0.6 is 0 Å². The summed E-state index contributed by atoms with van der Waals surface area (Å²) < 4.78 is 3.57. The first-order valence-electron chi connectivity index (χ1n) is 2.89. The fraction of sp³-hybridized carbons (Fsp3) is 0.667. The summed E-state index contributed by atoms with van der Waals surface area (Å²) in [7, 11) is 0. The van der Waals surface area contributed by atoms with E-state index in [2.05, 4.69) is 4.58 Å². The molecule has 3 heteroatoms. The standard InChI is InChI=1S/C6H10O3/c1-3-4-6(9-8)5(2)7/h3-4H2,1-2H3. The van der Waals surface area contributed by atoms with E-state index in [0.717, 1.165) is 6.42 Å². The summed E-state index contributed by atoms with van der Waals surface area (Å²) in [5.74, 6) is -0.246. The molecule has 0 aromatic carbocycles. The maximum atomic E-state index is 10.4. The minimum atomic E-state index is -0.271. The SMILES string of the molecule is CCCC(=[O+][O-])C(C)=O. The van der Waals surface area contributed by atoms with Crippen molar-refractivity contribution in [3.63, 3.8) is 0 Å². The van der Waals surface area contributed by atoms with Gasteiger partial charge in [-0.15, -0.1) is 0 Å². The molecule has 0 fully saturated rings. The highest BCUT2D eigenvalue weighted by Crippen LogP contribution is 1.89. The summed E-state index contributed by atoms with van der Waals surface area (Å²) in [6.45, 7) is 3.20. The van der Waals surface area contributed by atoms with Crippen LogP contribution < -0.4 is 5.26 Å². The molecule has 0 radical (unpaired) electrons. The lowest BCUT2D eigenvalue weighted by molar-refractivity contribution is -1.05. The minimum absolute atomic E-state index is 0.0255. The van der Waals surface area contributed by atoms with Gasteiger partial charge in [-0.25, -0.2) is 0 Å². The van der Waals surface area contributed by atoms with Crippen molar-refractivity contribution in [2.24, 2.45) is 0 Å². The van der Waals surface area contributed by atoms with Crippen molar-refractivity contribution in [2.45, 2.75) is 26.7 Å². The van der Waals surface area contributed by atoms with Gasteiger partial charge in [-0.1, -0.05) is 6.92 Å². The van der Waals surface area contributed by atoms with Gasteiger partial charge in [0, 0.05) is 6.92 Å². The molecule has 0 unspecified atom stereocenters. The molecule has 0 bridgehead atoms. The first-order chi connectivity index (χ1) is 4.22. The Balaban J connectivity index is 3.85. The molecule has 0 aromatic heterocycles. The first-order valence-corrected chi connectivity index (χ1v) is 2.89. The second-order valence-electron chi connectivity index (χ2n) is 1.81. The molecule has 0 saturated heterocycles. The zero-order valence-electron chi connectivity index (χ0n) is 5.64. The molecule has 0 aliphatic rings. The topological polar surface area (TPSA) is 51.4 Å². The smallest absolute Gasteiger partial charge is 0.394 e. The molecule has 0 heterocycles. The fourth-order valence-corrected chi connectivity index (χ4v) is 0.503. The highest BCUT2D eigenvalue weighted by Gasteiger charge is 2.15. The van der Waals surface area contributed by atoms with Gasteiger partial charge in [0.1, 0.15) is 0 Å². The van der Waals surface area contributed by atoms with E-state index in [4.69, 9.17) is 0 Å². The predicted molar refractivity (Wildman–Crippen MR) is 30.6 cm³/mol. The van der Waals surface area contributed by atoms with Crippen molar-refractivity contribution >= 4 is 11.6 Å². The summed E-state index contributed by atoms with van der Waals surface area (Å²) in [6, 6.07) is 0. The van der Waals surface area contributed by atoms with E-state index in [1.54, 1.807) is 0 Å². The maximum absolute atomic E-state index is 10.4. The zero-order chi connectivity index (χ0) is 7.28. The molecule has 0 rings (SSSR count). The Morgan fingerprint density at radius 3 is 2.33 bits per heavy atom. The summed E-state index contributed by atoms with van der Waals surface area (Å²) >= 11 is 0. The van der Waals surface area contributed by atoms with Crippen LogP contribution in [0.3, 0.4) is 0 Å². The van der Waals surface area contributed by atoms with E-state index in [1.807, 2.05) is 6.92 Å². The van der Waals surface area contributed by atoms with E-state index in [0.29, 0.717) is 6.42 Å². The molecule has 3 nitrogen and oxygen atoms in total. The molecule has 52 valence electrons. The summed E-state index contributed by atoms with van der Waals surface area (Å²) in [5.41, 5.74) is 0. The largest absolute Gasteiger partial charge is 0.462 e. The normalized spacial score (nSPS) is 11.6. The van der Waals surface area contributed by atoms with E-state index in [-0.39, 0.29) is 11.6 Å². The van der Waals surface area contributed by atoms with Crippen molar-refractivity contribution < 1.29 is 14.6 Å². The molecule has 9 heavy (non-hydrogen) atoms. The number of carbonyl (C=O) groups is 1. The number of hydrogen-bond acceptors (Lipinski definition) is 2. The van der Waals surface area contributed by atoms with E-state index < -0.39 is 0 Å². The van der Waals surface area contributed by atoms with Gasteiger partial charge < -0.3 is 5.26 Å². The molecule has 0 spiro atoms. The average Bonchev–Trinajstić information content (AvgIpc) is 1.82. The molecule has 0 amide bonds. The van der Waals surface area contributed by atoms with Gasteiger partial charge >= 0.3 is 5.78 Å². The zero-order valence-corrected chi connectivity index (χ0v) is 5.64. The molecule has 0 N–H and O–H groups in total. The van der Waals surface area contributed by atoms with Crippen LogP contribution in [-0.4, -0.2) is 11.6 Å². The molecule has 0 aliphatic heterocycles. The second-order valence-corrected chi connectivity index (χ2v) is 1.81. The molecule has 0 saturated carbocycles. The van der Waals surface area contributed by atoms with Gasteiger partial charge in [0.05, 0.1) is 6.42 Å². The summed E-state index contributed by atoms with van der Waals surface area (Å²) in [6.07, 6.45) is 1.20. The maximum Gasteiger partial charge on any atom is 0.394 e. The van der Waals surface area contributed by atoms with E-state index in [9.17, 15) is 10.1 Å². The third-order valence-corrected chi connectivity index (χ3v) is 0.970. The van der Waals surface area contributed by atoms with Gasteiger partial charge in [0.15, 0.2) is 0 Å². The van der Waals surface area contributed by atoms with Crippen LogP contribution in [0.25, 0.3) is 0 Å². The first kappa shape index (κ1) is 8.14. The van der Waals surface area contributed by atoms with Crippen molar-refractivity contribution in [1.82, 2.24) is 0 Å². The van der Waals surface area contributed by atoms with Crippen molar-refractivity contribution in [3.8, 4) is 0 Å². The van der Waals surface area contributed by atoms with E-state index >= 15 is 0 Å².